The number of nitrogens with two attached hydrogens (primary N) is 1. The van der Waals surface area contributed by atoms with Crippen LogP contribution in [0, 0.1) is 0 Å². The number of rotatable bonds is 3. The summed E-state index contributed by atoms with van der Waals surface area (Å²) in [5.41, 5.74) is 5.87. The molecule has 0 fully saturated rings. The molecule has 0 spiro atoms. The predicted molar refractivity (Wildman–Crippen MR) is 70.7 cm³/mol. The van der Waals surface area contributed by atoms with Gasteiger partial charge in [-0.2, -0.15) is 0 Å². The lowest BCUT2D eigenvalue weighted by molar-refractivity contribution is -0.113. The van der Waals surface area contributed by atoms with E-state index in [0.29, 0.717) is 0 Å². The van der Waals surface area contributed by atoms with Crippen molar-refractivity contribution >= 4 is 15.7 Å². The maximum atomic E-state index is 11.8. The number of carbonyl (C=O) groups is 1. The van der Waals surface area contributed by atoms with E-state index in [9.17, 15) is 13.2 Å². The summed E-state index contributed by atoms with van der Waals surface area (Å²) in [7, 11) is -3.60. The van der Waals surface area contributed by atoms with Crippen LogP contribution < -0.4 is 5.73 Å². The summed E-state index contributed by atoms with van der Waals surface area (Å²) in [4.78, 5) is 10.7. The summed E-state index contributed by atoms with van der Waals surface area (Å²) in [5.74, 6) is -0.787. The van der Waals surface area contributed by atoms with Crippen LogP contribution in [0.5, 0.6) is 0 Å². The minimum atomic E-state index is -3.60. The lowest BCUT2D eigenvalue weighted by atomic mass is 9.87. The maximum absolute atomic E-state index is 11.8. The molecule has 5 heteroatoms. The van der Waals surface area contributed by atoms with Crippen molar-refractivity contribution in [1.82, 2.24) is 0 Å². The van der Waals surface area contributed by atoms with E-state index in [2.05, 4.69) is 0 Å². The summed E-state index contributed by atoms with van der Waals surface area (Å²) in [6, 6.07) is 6.60. The first-order chi connectivity index (χ1) is 8.13. The fourth-order valence-corrected chi connectivity index (χ4v) is 2.37. The Labute approximate surface area is 107 Å². The second-order valence-corrected chi connectivity index (χ2v) is 6.86. The Morgan fingerprint density at radius 1 is 1.17 bits per heavy atom. The average molecular weight is 267 g/mol. The van der Waals surface area contributed by atoms with Crippen molar-refractivity contribution in [3.8, 4) is 0 Å². The molecular formula is C13H17NO3S. The molecule has 1 amide bonds. The van der Waals surface area contributed by atoms with Crippen molar-refractivity contribution < 1.29 is 13.2 Å². The highest BCUT2D eigenvalue weighted by molar-refractivity contribution is 7.94. The van der Waals surface area contributed by atoms with Crippen LogP contribution in [-0.4, -0.2) is 14.3 Å². The highest BCUT2D eigenvalue weighted by Gasteiger charge is 2.15. The van der Waals surface area contributed by atoms with Gasteiger partial charge in [-0.3, -0.25) is 4.79 Å². The van der Waals surface area contributed by atoms with Crippen LogP contribution in [0.3, 0.4) is 0 Å². The Bertz CT molecular complexity index is 563. The normalized spacial score (nSPS) is 12.8. The third-order valence-electron chi connectivity index (χ3n) is 2.46. The fourth-order valence-electron chi connectivity index (χ4n) is 1.38. The molecule has 0 saturated heterocycles. The monoisotopic (exact) mass is 267 g/mol. The van der Waals surface area contributed by atoms with Gasteiger partial charge in [-0.25, -0.2) is 8.42 Å². The molecule has 1 rings (SSSR count). The van der Waals surface area contributed by atoms with Crippen molar-refractivity contribution in [1.29, 1.82) is 0 Å². The molecule has 98 valence electrons. The van der Waals surface area contributed by atoms with Crippen molar-refractivity contribution in [3.05, 3.63) is 41.3 Å². The summed E-state index contributed by atoms with van der Waals surface area (Å²) in [6.07, 6.45) is 0.840. The maximum Gasteiger partial charge on any atom is 0.242 e. The Kier molecular flexibility index (Phi) is 3.96. The number of primary amides is 1. The molecule has 18 heavy (non-hydrogen) atoms. The molecular weight excluding hydrogens is 250 g/mol. The van der Waals surface area contributed by atoms with Crippen molar-refractivity contribution in [3.63, 3.8) is 0 Å². The number of carbonyl (C=O) groups excluding carboxylic acids is 1. The first-order valence-electron chi connectivity index (χ1n) is 5.46. The molecule has 2 N–H and O–H groups in total. The Morgan fingerprint density at radius 2 is 1.67 bits per heavy atom. The zero-order chi connectivity index (χ0) is 14.0. The molecule has 0 heterocycles. The van der Waals surface area contributed by atoms with Crippen LogP contribution in [0.4, 0.5) is 0 Å². The van der Waals surface area contributed by atoms with Crippen LogP contribution in [0.15, 0.2) is 40.6 Å². The van der Waals surface area contributed by atoms with Gasteiger partial charge in [0.1, 0.15) is 0 Å². The third-order valence-corrected chi connectivity index (χ3v) is 3.88. The summed E-state index contributed by atoms with van der Waals surface area (Å²) in [6.45, 7) is 6.14. The molecule has 4 nitrogen and oxygen atoms in total. The first-order valence-corrected chi connectivity index (χ1v) is 7.01. The molecule has 0 aliphatic carbocycles. The predicted octanol–water partition coefficient (Wildman–Crippen LogP) is 1.76. The molecule has 0 aliphatic rings. The number of hydrogen-bond donors (Lipinski definition) is 1. The number of hydrogen-bond acceptors (Lipinski definition) is 3. The van der Waals surface area contributed by atoms with Gasteiger partial charge >= 0.3 is 0 Å². The van der Waals surface area contributed by atoms with E-state index >= 15 is 0 Å². The minimum Gasteiger partial charge on any atom is -0.366 e. The molecule has 1 aromatic rings. The number of amides is 1. The summed E-state index contributed by atoms with van der Waals surface area (Å²) < 4.78 is 23.6. The molecule has 1 aromatic carbocycles. The van der Waals surface area contributed by atoms with Gasteiger partial charge in [-0.05, 0) is 23.1 Å². The molecule has 0 aliphatic heterocycles. The molecule has 0 atom stereocenters. The Balaban J connectivity index is 3.10. The zero-order valence-corrected chi connectivity index (χ0v) is 11.5. The summed E-state index contributed by atoms with van der Waals surface area (Å²) in [5, 5.41) is 0.821. The summed E-state index contributed by atoms with van der Waals surface area (Å²) >= 11 is 0. The topological polar surface area (TPSA) is 77.2 Å². The average Bonchev–Trinajstić information content (AvgIpc) is 2.26. The SMILES string of the molecule is CC(C)(C)c1ccc(S(=O)(=O)/C=C/C(N)=O)cc1. The van der Waals surface area contributed by atoms with E-state index in [0.717, 1.165) is 17.0 Å². The van der Waals surface area contributed by atoms with Gasteiger partial charge in [0.15, 0.2) is 9.84 Å². The molecule has 0 aromatic heterocycles. The second kappa shape index (κ2) is 4.94. The van der Waals surface area contributed by atoms with Crippen LogP contribution in [-0.2, 0) is 20.0 Å². The van der Waals surface area contributed by atoms with Gasteiger partial charge < -0.3 is 5.73 Å². The van der Waals surface area contributed by atoms with E-state index < -0.39 is 15.7 Å². The lowest BCUT2D eigenvalue weighted by Crippen LogP contribution is -2.11. The molecule has 0 radical (unpaired) electrons. The third kappa shape index (κ3) is 3.70. The van der Waals surface area contributed by atoms with Gasteiger partial charge in [-0.1, -0.05) is 32.9 Å². The van der Waals surface area contributed by atoms with E-state index in [1.165, 1.54) is 12.1 Å². The van der Waals surface area contributed by atoms with Crippen molar-refractivity contribution in [2.24, 2.45) is 5.73 Å². The van der Waals surface area contributed by atoms with E-state index in [1.54, 1.807) is 12.1 Å². The standard InChI is InChI=1S/C13H17NO3S/c1-13(2,3)10-4-6-11(7-5-10)18(16,17)9-8-12(14)15/h4-9H,1-3H3,(H2,14,15)/b9-8+. The number of benzene rings is 1. The van der Waals surface area contributed by atoms with E-state index in [1.807, 2.05) is 20.8 Å². The second-order valence-electron chi connectivity index (χ2n) is 5.02. The van der Waals surface area contributed by atoms with Crippen LogP contribution in [0.2, 0.25) is 0 Å². The van der Waals surface area contributed by atoms with Gasteiger partial charge in [-0.15, -0.1) is 0 Å². The largest absolute Gasteiger partial charge is 0.366 e. The van der Waals surface area contributed by atoms with Crippen LogP contribution >= 0.6 is 0 Å². The number of sulfone groups is 1. The van der Waals surface area contributed by atoms with Gasteiger partial charge in [0.25, 0.3) is 0 Å². The van der Waals surface area contributed by atoms with Crippen LogP contribution in [0.1, 0.15) is 26.3 Å². The van der Waals surface area contributed by atoms with Gasteiger partial charge in [0.2, 0.25) is 5.91 Å². The van der Waals surface area contributed by atoms with Gasteiger partial charge in [0, 0.05) is 11.5 Å². The van der Waals surface area contributed by atoms with Crippen molar-refractivity contribution in [2.45, 2.75) is 31.1 Å². The van der Waals surface area contributed by atoms with E-state index in [4.69, 9.17) is 5.73 Å². The highest BCUT2D eigenvalue weighted by atomic mass is 32.2. The van der Waals surface area contributed by atoms with E-state index in [-0.39, 0.29) is 10.3 Å². The quantitative estimate of drug-likeness (QED) is 0.848. The molecule has 0 bridgehead atoms. The highest BCUT2D eigenvalue weighted by Crippen LogP contribution is 2.23. The van der Waals surface area contributed by atoms with Crippen molar-refractivity contribution in [2.75, 3.05) is 0 Å². The minimum absolute atomic E-state index is 0.0364. The Hall–Kier alpha value is -1.62. The molecule has 0 unspecified atom stereocenters. The fraction of sp³-hybridized carbons (Fsp3) is 0.308. The first kappa shape index (κ1) is 14.4. The van der Waals surface area contributed by atoms with Crippen LogP contribution in [0.25, 0.3) is 0 Å². The zero-order valence-electron chi connectivity index (χ0n) is 10.7. The Morgan fingerprint density at radius 3 is 2.06 bits per heavy atom. The molecule has 0 saturated carbocycles. The smallest absolute Gasteiger partial charge is 0.242 e. The van der Waals surface area contributed by atoms with Gasteiger partial charge in [0.05, 0.1) is 4.90 Å². The lowest BCUT2D eigenvalue weighted by Gasteiger charge is -2.18.